The standard InChI is InChI=1S/C14H13ClN2O3/c1-7(15)9-6-16-10-5-12(18)8-3-2-4-11(17(19)20)14(8)13(9)10/h2-5,7,9,16,18H,6H2,1H3. The SMILES string of the molecule is CC(Cl)C1CNc2cc(O)c3cccc([N+](=O)[O-])c3c21. The number of nitrogens with one attached hydrogen (secondary N) is 1. The first-order valence-corrected chi connectivity index (χ1v) is 6.75. The van der Waals surface area contributed by atoms with E-state index in [2.05, 4.69) is 5.32 Å². The summed E-state index contributed by atoms with van der Waals surface area (Å²) in [5.41, 5.74) is 1.55. The number of nitro groups is 1. The quantitative estimate of drug-likeness (QED) is 0.504. The van der Waals surface area contributed by atoms with Gasteiger partial charge in [-0.1, -0.05) is 12.1 Å². The fourth-order valence-corrected chi connectivity index (χ4v) is 3.08. The van der Waals surface area contributed by atoms with Gasteiger partial charge in [-0.25, -0.2) is 0 Å². The lowest BCUT2D eigenvalue weighted by Gasteiger charge is -2.15. The topological polar surface area (TPSA) is 75.4 Å². The number of anilines is 1. The summed E-state index contributed by atoms with van der Waals surface area (Å²) >= 11 is 6.21. The summed E-state index contributed by atoms with van der Waals surface area (Å²) in [7, 11) is 0. The fourth-order valence-electron chi connectivity index (χ4n) is 2.86. The van der Waals surface area contributed by atoms with Gasteiger partial charge in [0.1, 0.15) is 5.75 Å². The molecule has 0 radical (unpaired) electrons. The molecule has 2 atom stereocenters. The third-order valence-electron chi connectivity index (χ3n) is 3.79. The van der Waals surface area contributed by atoms with Crippen molar-refractivity contribution in [1.29, 1.82) is 0 Å². The van der Waals surface area contributed by atoms with Gasteiger partial charge in [0.15, 0.2) is 0 Å². The molecule has 2 aromatic carbocycles. The van der Waals surface area contributed by atoms with Crippen LogP contribution in [0.1, 0.15) is 18.4 Å². The lowest BCUT2D eigenvalue weighted by molar-refractivity contribution is -0.383. The van der Waals surface area contributed by atoms with Crippen molar-refractivity contribution in [2.75, 3.05) is 11.9 Å². The maximum absolute atomic E-state index is 11.3. The second kappa shape index (κ2) is 4.52. The van der Waals surface area contributed by atoms with E-state index in [9.17, 15) is 15.2 Å². The first-order chi connectivity index (χ1) is 9.50. The molecule has 5 nitrogen and oxygen atoms in total. The molecule has 0 saturated heterocycles. The summed E-state index contributed by atoms with van der Waals surface area (Å²) < 4.78 is 0. The Morgan fingerprint density at radius 2 is 2.30 bits per heavy atom. The van der Waals surface area contributed by atoms with Gasteiger partial charge in [0.2, 0.25) is 0 Å². The van der Waals surface area contributed by atoms with E-state index in [-0.39, 0.29) is 22.7 Å². The van der Waals surface area contributed by atoms with Gasteiger partial charge in [0.05, 0.1) is 10.3 Å². The number of hydrogen-bond acceptors (Lipinski definition) is 4. The van der Waals surface area contributed by atoms with Crippen LogP contribution in [0.2, 0.25) is 0 Å². The number of phenolic OH excluding ortho intramolecular Hbond substituents is 1. The summed E-state index contributed by atoms with van der Waals surface area (Å²) in [6.07, 6.45) is 0. The zero-order valence-electron chi connectivity index (χ0n) is 10.8. The number of nitrogens with zero attached hydrogens (tertiary/aromatic N) is 1. The largest absolute Gasteiger partial charge is 0.507 e. The highest BCUT2D eigenvalue weighted by Gasteiger charge is 2.32. The number of alkyl halides is 1. The Hall–Kier alpha value is -2.01. The number of benzene rings is 2. The molecule has 3 rings (SSSR count). The first-order valence-electron chi connectivity index (χ1n) is 6.31. The van der Waals surface area contributed by atoms with Crippen molar-refractivity contribution in [3.8, 4) is 5.75 Å². The number of non-ortho nitro benzene ring substituents is 1. The predicted molar refractivity (Wildman–Crippen MR) is 78.8 cm³/mol. The van der Waals surface area contributed by atoms with Crippen LogP contribution >= 0.6 is 11.6 Å². The van der Waals surface area contributed by atoms with Crippen molar-refractivity contribution >= 4 is 33.7 Å². The molecule has 1 heterocycles. The number of hydrogen-bond donors (Lipinski definition) is 2. The van der Waals surface area contributed by atoms with E-state index in [1.54, 1.807) is 18.2 Å². The highest BCUT2D eigenvalue weighted by atomic mass is 35.5. The second-order valence-corrected chi connectivity index (χ2v) is 5.67. The van der Waals surface area contributed by atoms with Gasteiger partial charge < -0.3 is 10.4 Å². The van der Waals surface area contributed by atoms with E-state index in [4.69, 9.17) is 11.6 Å². The van der Waals surface area contributed by atoms with E-state index < -0.39 is 4.92 Å². The highest BCUT2D eigenvalue weighted by Crippen LogP contribution is 2.46. The molecule has 20 heavy (non-hydrogen) atoms. The number of phenols is 1. The predicted octanol–water partition coefficient (Wildman–Crippen LogP) is 3.59. The average Bonchev–Trinajstić information content (AvgIpc) is 2.81. The van der Waals surface area contributed by atoms with E-state index in [0.717, 1.165) is 11.3 Å². The third kappa shape index (κ3) is 1.78. The molecule has 0 amide bonds. The van der Waals surface area contributed by atoms with Crippen LogP contribution in [0.5, 0.6) is 5.75 Å². The van der Waals surface area contributed by atoms with Crippen LogP contribution in [0.15, 0.2) is 24.3 Å². The van der Waals surface area contributed by atoms with Crippen molar-refractivity contribution < 1.29 is 10.0 Å². The van der Waals surface area contributed by atoms with Crippen LogP contribution in [0.3, 0.4) is 0 Å². The molecule has 2 aromatic rings. The molecule has 6 heteroatoms. The van der Waals surface area contributed by atoms with Gasteiger partial charge in [-0.2, -0.15) is 0 Å². The molecular weight excluding hydrogens is 280 g/mol. The zero-order chi connectivity index (χ0) is 14.4. The molecule has 0 aliphatic carbocycles. The molecule has 0 aromatic heterocycles. The van der Waals surface area contributed by atoms with Crippen molar-refractivity contribution in [3.63, 3.8) is 0 Å². The molecule has 0 spiro atoms. The Kier molecular flexibility index (Phi) is 2.94. The van der Waals surface area contributed by atoms with E-state index >= 15 is 0 Å². The third-order valence-corrected chi connectivity index (χ3v) is 4.10. The molecule has 2 unspecified atom stereocenters. The molecule has 0 bridgehead atoms. The lowest BCUT2D eigenvalue weighted by Crippen LogP contribution is -2.11. The Labute approximate surface area is 120 Å². The van der Waals surface area contributed by atoms with E-state index in [1.165, 1.54) is 6.07 Å². The van der Waals surface area contributed by atoms with Gasteiger partial charge in [-0.3, -0.25) is 10.1 Å². The Morgan fingerprint density at radius 1 is 1.55 bits per heavy atom. The Bertz CT molecular complexity index is 715. The number of nitro benzene ring substituents is 1. The van der Waals surface area contributed by atoms with Crippen molar-refractivity contribution in [1.82, 2.24) is 0 Å². The average molecular weight is 293 g/mol. The number of rotatable bonds is 2. The minimum Gasteiger partial charge on any atom is -0.507 e. The number of fused-ring (bicyclic) bond motifs is 3. The highest BCUT2D eigenvalue weighted by molar-refractivity contribution is 6.21. The lowest BCUT2D eigenvalue weighted by atomic mass is 9.91. The number of halogens is 1. The van der Waals surface area contributed by atoms with Crippen molar-refractivity contribution in [2.24, 2.45) is 0 Å². The van der Waals surface area contributed by atoms with Crippen LogP contribution in [0, 0.1) is 10.1 Å². The normalized spacial score (nSPS) is 18.6. The summed E-state index contributed by atoms with van der Waals surface area (Å²) in [6.45, 7) is 2.49. The summed E-state index contributed by atoms with van der Waals surface area (Å²) in [6, 6.07) is 6.33. The fraction of sp³-hybridized carbons (Fsp3) is 0.286. The maximum atomic E-state index is 11.3. The Morgan fingerprint density at radius 3 is 2.95 bits per heavy atom. The molecule has 2 N–H and O–H groups in total. The molecule has 0 fully saturated rings. The van der Waals surface area contributed by atoms with Crippen LogP contribution in [-0.2, 0) is 0 Å². The molecule has 104 valence electrons. The number of aromatic hydroxyl groups is 1. The minimum absolute atomic E-state index is 0.000617. The molecule has 1 aliphatic heterocycles. The van der Waals surface area contributed by atoms with E-state index in [1.807, 2.05) is 6.92 Å². The monoisotopic (exact) mass is 292 g/mol. The Balaban J connectivity index is 2.43. The second-order valence-electron chi connectivity index (χ2n) is 4.98. The summed E-state index contributed by atoms with van der Waals surface area (Å²) in [5, 5.41) is 25.3. The van der Waals surface area contributed by atoms with Crippen molar-refractivity contribution in [2.45, 2.75) is 18.2 Å². The zero-order valence-corrected chi connectivity index (χ0v) is 11.5. The van der Waals surface area contributed by atoms with Crippen molar-refractivity contribution in [3.05, 3.63) is 39.9 Å². The molecule has 1 aliphatic rings. The van der Waals surface area contributed by atoms with Gasteiger partial charge in [0, 0.05) is 41.0 Å². The van der Waals surface area contributed by atoms with Gasteiger partial charge >= 0.3 is 0 Å². The van der Waals surface area contributed by atoms with Crippen LogP contribution in [0.4, 0.5) is 11.4 Å². The minimum atomic E-state index is -0.420. The maximum Gasteiger partial charge on any atom is 0.277 e. The van der Waals surface area contributed by atoms with Crippen LogP contribution in [0.25, 0.3) is 10.8 Å². The van der Waals surface area contributed by atoms with E-state index in [0.29, 0.717) is 17.3 Å². The summed E-state index contributed by atoms with van der Waals surface area (Å²) in [4.78, 5) is 10.9. The van der Waals surface area contributed by atoms with Gasteiger partial charge in [-0.15, -0.1) is 11.6 Å². The molecular formula is C14H13ClN2O3. The molecule has 0 saturated carbocycles. The first kappa shape index (κ1) is 13.0. The van der Waals surface area contributed by atoms with Gasteiger partial charge in [-0.05, 0) is 12.5 Å². The van der Waals surface area contributed by atoms with Crippen LogP contribution < -0.4 is 5.32 Å². The van der Waals surface area contributed by atoms with Crippen LogP contribution in [-0.4, -0.2) is 22.0 Å². The smallest absolute Gasteiger partial charge is 0.277 e. The summed E-state index contributed by atoms with van der Waals surface area (Å²) in [5.74, 6) is 0.0219. The van der Waals surface area contributed by atoms with Gasteiger partial charge in [0.25, 0.3) is 5.69 Å².